The fraction of sp³-hybridized carbons (Fsp3) is 0.200. The van der Waals surface area contributed by atoms with Crippen LogP contribution in [0.25, 0.3) is 0 Å². The molecule has 0 bridgehead atoms. The van der Waals surface area contributed by atoms with E-state index in [9.17, 15) is 9.59 Å². The second-order valence-corrected chi connectivity index (χ2v) is 3.03. The maximum atomic E-state index is 10.8. The Morgan fingerprint density at radius 2 is 1.79 bits per heavy atom. The summed E-state index contributed by atoms with van der Waals surface area (Å²) in [5.41, 5.74) is 0.494. The van der Waals surface area contributed by atoms with Crippen molar-refractivity contribution in [2.75, 3.05) is 0 Å². The van der Waals surface area contributed by atoms with Crippen molar-refractivity contribution < 1.29 is 19.8 Å². The molecule has 0 radical (unpaired) electrons. The lowest BCUT2D eigenvalue weighted by Crippen LogP contribution is -2.08. The summed E-state index contributed by atoms with van der Waals surface area (Å²) in [7, 11) is 0. The van der Waals surface area contributed by atoms with Gasteiger partial charge in [0, 0.05) is 0 Å². The number of hydrogen-bond acceptors (Lipinski definition) is 2. The van der Waals surface area contributed by atoms with Gasteiger partial charge in [0.05, 0.1) is 11.1 Å². The number of carboxylic acid groups (broad SMARTS) is 2. The van der Waals surface area contributed by atoms with Gasteiger partial charge in [0.2, 0.25) is 0 Å². The van der Waals surface area contributed by atoms with Gasteiger partial charge in [-0.1, -0.05) is 17.7 Å². The lowest BCUT2D eigenvalue weighted by molar-refractivity contribution is -0.135. The first-order valence-corrected chi connectivity index (χ1v) is 4.07. The molecule has 1 rings (SSSR count). The van der Waals surface area contributed by atoms with Crippen LogP contribution in [0.2, 0.25) is 0 Å². The summed E-state index contributed by atoms with van der Waals surface area (Å²) < 4.78 is 0. The Morgan fingerprint density at radius 1 is 1.21 bits per heavy atom. The van der Waals surface area contributed by atoms with Gasteiger partial charge in [-0.15, -0.1) is 0 Å². The van der Waals surface area contributed by atoms with Gasteiger partial charge in [-0.05, 0) is 19.4 Å². The topological polar surface area (TPSA) is 74.6 Å². The Morgan fingerprint density at radius 3 is 2.29 bits per heavy atom. The zero-order valence-corrected chi connectivity index (χ0v) is 7.65. The van der Waals surface area contributed by atoms with Crippen molar-refractivity contribution in [3.63, 3.8) is 0 Å². The Bertz CT molecular complexity index is 372. The summed E-state index contributed by atoms with van der Waals surface area (Å²) in [5.74, 6) is -2.43. The molecule has 0 saturated heterocycles. The Balaban J connectivity index is 3.31. The number of hydrogen-bond donors (Lipinski definition) is 2. The summed E-state index contributed by atoms with van der Waals surface area (Å²) in [6.45, 7) is 1.76. The highest BCUT2D eigenvalue weighted by molar-refractivity contribution is 6.03. The molecule has 1 aliphatic carbocycles. The van der Waals surface area contributed by atoms with E-state index in [1.54, 1.807) is 13.0 Å². The molecule has 4 nitrogen and oxygen atoms in total. The molecule has 0 aromatic carbocycles. The minimum absolute atomic E-state index is 0.163. The second-order valence-electron chi connectivity index (χ2n) is 3.03. The molecule has 1 aliphatic rings. The highest BCUT2D eigenvalue weighted by Gasteiger charge is 2.17. The molecule has 14 heavy (non-hydrogen) atoms. The molecule has 0 unspecified atom stereocenters. The minimum atomic E-state index is -1.22. The molecule has 2 N–H and O–H groups in total. The maximum absolute atomic E-state index is 10.8. The molecular formula is C10H10O4. The molecule has 0 aromatic rings. The quantitative estimate of drug-likeness (QED) is 0.695. The molecule has 74 valence electrons. The molecule has 0 atom stereocenters. The molecule has 0 fully saturated rings. The van der Waals surface area contributed by atoms with E-state index in [-0.39, 0.29) is 11.1 Å². The van der Waals surface area contributed by atoms with Crippen LogP contribution in [0.5, 0.6) is 0 Å². The van der Waals surface area contributed by atoms with E-state index in [1.807, 2.05) is 0 Å². The van der Waals surface area contributed by atoms with Crippen LogP contribution in [-0.4, -0.2) is 22.2 Å². The van der Waals surface area contributed by atoms with Crippen molar-refractivity contribution in [1.29, 1.82) is 0 Å². The lowest BCUT2D eigenvalue weighted by atomic mass is 10.1. The van der Waals surface area contributed by atoms with E-state index in [4.69, 9.17) is 10.2 Å². The van der Waals surface area contributed by atoms with E-state index in [0.717, 1.165) is 5.57 Å². The van der Waals surface area contributed by atoms with Crippen molar-refractivity contribution >= 4 is 11.9 Å². The van der Waals surface area contributed by atoms with Gasteiger partial charge in [0.1, 0.15) is 0 Å². The molecule has 0 amide bonds. The summed E-state index contributed by atoms with van der Waals surface area (Å²) in [5, 5.41) is 17.6. The largest absolute Gasteiger partial charge is 0.478 e. The molecular weight excluding hydrogens is 184 g/mol. The molecule has 0 saturated carbocycles. The summed E-state index contributed by atoms with van der Waals surface area (Å²) >= 11 is 0. The fourth-order valence-corrected chi connectivity index (χ4v) is 1.20. The Labute approximate surface area is 80.9 Å². The predicted octanol–water partition coefficient (Wildman–Crippen LogP) is 1.36. The number of carbonyl (C=O) groups is 2. The van der Waals surface area contributed by atoms with Gasteiger partial charge in [-0.25, -0.2) is 9.59 Å². The van der Waals surface area contributed by atoms with Crippen molar-refractivity contribution in [2.24, 2.45) is 0 Å². The summed E-state index contributed by atoms with van der Waals surface area (Å²) in [6.07, 6.45) is 4.95. The highest BCUT2D eigenvalue weighted by Crippen LogP contribution is 2.17. The second kappa shape index (κ2) is 3.91. The third kappa shape index (κ3) is 2.10. The van der Waals surface area contributed by atoms with Crippen LogP contribution in [0.1, 0.15) is 13.3 Å². The monoisotopic (exact) mass is 194 g/mol. The smallest absolute Gasteiger partial charge is 0.336 e. The van der Waals surface area contributed by atoms with E-state index >= 15 is 0 Å². The standard InChI is InChI=1S/C10H10O4/c1-6-3-2-4-7(9(11)12)8(5-6)10(13)14/h2,4-5H,3H2,1H3,(H,11,12)(H,13,14). The molecule has 0 spiro atoms. The van der Waals surface area contributed by atoms with Gasteiger partial charge >= 0.3 is 11.9 Å². The summed E-state index contributed by atoms with van der Waals surface area (Å²) in [6, 6.07) is 0. The van der Waals surface area contributed by atoms with Gasteiger partial charge < -0.3 is 10.2 Å². The predicted molar refractivity (Wildman–Crippen MR) is 49.8 cm³/mol. The zero-order valence-electron chi connectivity index (χ0n) is 7.65. The van der Waals surface area contributed by atoms with Crippen molar-refractivity contribution in [3.8, 4) is 0 Å². The van der Waals surface area contributed by atoms with Crippen molar-refractivity contribution in [3.05, 3.63) is 34.9 Å². The third-order valence-corrected chi connectivity index (χ3v) is 1.87. The van der Waals surface area contributed by atoms with Crippen LogP contribution in [-0.2, 0) is 9.59 Å². The van der Waals surface area contributed by atoms with Crippen LogP contribution < -0.4 is 0 Å². The normalized spacial score (nSPS) is 16.2. The van der Waals surface area contributed by atoms with E-state index in [0.29, 0.717) is 6.42 Å². The minimum Gasteiger partial charge on any atom is -0.478 e. The van der Waals surface area contributed by atoms with Gasteiger partial charge in [-0.2, -0.15) is 0 Å². The summed E-state index contributed by atoms with van der Waals surface area (Å²) in [4.78, 5) is 21.5. The number of rotatable bonds is 2. The Kier molecular flexibility index (Phi) is 2.86. The first-order valence-electron chi connectivity index (χ1n) is 4.07. The van der Waals surface area contributed by atoms with E-state index in [1.165, 1.54) is 12.2 Å². The molecule has 4 heteroatoms. The number of allylic oxidation sites excluding steroid dienone is 2. The Hall–Kier alpha value is -1.84. The SMILES string of the molecule is CC1=CC(C(=O)O)=C(C(=O)O)C=CC1. The van der Waals surface area contributed by atoms with Crippen LogP contribution in [0.3, 0.4) is 0 Å². The third-order valence-electron chi connectivity index (χ3n) is 1.87. The van der Waals surface area contributed by atoms with Crippen LogP contribution in [0, 0.1) is 0 Å². The average Bonchev–Trinajstić information content (AvgIpc) is 2.26. The van der Waals surface area contributed by atoms with Crippen molar-refractivity contribution in [2.45, 2.75) is 13.3 Å². The number of carboxylic acids is 2. The van der Waals surface area contributed by atoms with Gasteiger partial charge in [0.15, 0.2) is 0 Å². The fourth-order valence-electron chi connectivity index (χ4n) is 1.20. The van der Waals surface area contributed by atoms with E-state index < -0.39 is 11.9 Å². The first kappa shape index (κ1) is 10.2. The average molecular weight is 194 g/mol. The van der Waals surface area contributed by atoms with Gasteiger partial charge in [-0.3, -0.25) is 0 Å². The highest BCUT2D eigenvalue weighted by atomic mass is 16.4. The molecule has 0 aromatic heterocycles. The number of aliphatic carboxylic acids is 2. The van der Waals surface area contributed by atoms with Crippen LogP contribution >= 0.6 is 0 Å². The maximum Gasteiger partial charge on any atom is 0.336 e. The van der Waals surface area contributed by atoms with E-state index in [2.05, 4.69) is 0 Å². The van der Waals surface area contributed by atoms with Crippen LogP contribution in [0.4, 0.5) is 0 Å². The zero-order chi connectivity index (χ0) is 10.7. The van der Waals surface area contributed by atoms with Crippen molar-refractivity contribution in [1.82, 2.24) is 0 Å². The lowest BCUT2D eigenvalue weighted by Gasteiger charge is -1.99. The van der Waals surface area contributed by atoms with Crippen LogP contribution in [0.15, 0.2) is 34.9 Å². The molecule has 0 aliphatic heterocycles. The molecule has 0 heterocycles. The first-order chi connectivity index (χ1) is 6.52. The van der Waals surface area contributed by atoms with Gasteiger partial charge in [0.25, 0.3) is 0 Å².